The first-order valence-electron chi connectivity index (χ1n) is 10.2. The predicted octanol–water partition coefficient (Wildman–Crippen LogP) is 3.71. The van der Waals surface area contributed by atoms with E-state index < -0.39 is 0 Å². The lowest BCUT2D eigenvalue weighted by atomic mass is 10.0. The van der Waals surface area contributed by atoms with E-state index in [1.807, 2.05) is 12.1 Å². The highest BCUT2D eigenvalue weighted by molar-refractivity contribution is 5.93. The van der Waals surface area contributed by atoms with Crippen molar-refractivity contribution in [1.29, 1.82) is 0 Å². The highest BCUT2D eigenvalue weighted by Gasteiger charge is 2.20. The molecule has 5 heteroatoms. The fraction of sp³-hybridized carbons (Fsp3) is 0.435. The number of carbonyl (C=O) groups excluding carboxylic acids is 1. The number of hydrogen-bond donors (Lipinski definition) is 1. The SMILES string of the molecule is CCc1cccc(CC)c1NC(=O)CN1CCN(Cc2ccc(F)cc2)CC1. The zero-order chi connectivity index (χ0) is 19.9. The molecule has 1 aliphatic rings. The normalized spacial score (nSPS) is 15.5. The monoisotopic (exact) mass is 383 g/mol. The van der Waals surface area contributed by atoms with Gasteiger partial charge in [-0.05, 0) is 41.7 Å². The highest BCUT2D eigenvalue weighted by Crippen LogP contribution is 2.22. The molecule has 1 fully saturated rings. The van der Waals surface area contributed by atoms with Crippen molar-refractivity contribution in [3.8, 4) is 0 Å². The smallest absolute Gasteiger partial charge is 0.238 e. The number of piperazine rings is 1. The van der Waals surface area contributed by atoms with Gasteiger partial charge in [-0.3, -0.25) is 14.6 Å². The van der Waals surface area contributed by atoms with Gasteiger partial charge in [-0.1, -0.05) is 44.2 Å². The summed E-state index contributed by atoms with van der Waals surface area (Å²) in [5, 5.41) is 3.15. The summed E-state index contributed by atoms with van der Waals surface area (Å²) in [5.41, 5.74) is 4.50. The number of rotatable bonds is 7. The van der Waals surface area contributed by atoms with Crippen LogP contribution in [0, 0.1) is 5.82 Å². The topological polar surface area (TPSA) is 35.6 Å². The molecule has 0 bridgehead atoms. The molecule has 1 aliphatic heterocycles. The number of anilines is 1. The Morgan fingerprint density at radius 1 is 0.929 bits per heavy atom. The van der Waals surface area contributed by atoms with Crippen molar-refractivity contribution < 1.29 is 9.18 Å². The van der Waals surface area contributed by atoms with Crippen LogP contribution in [0.4, 0.5) is 10.1 Å². The number of para-hydroxylation sites is 1. The maximum Gasteiger partial charge on any atom is 0.238 e. The molecular formula is C23H30FN3O. The Labute approximate surface area is 167 Å². The molecule has 150 valence electrons. The minimum Gasteiger partial charge on any atom is -0.324 e. The summed E-state index contributed by atoms with van der Waals surface area (Å²) in [5.74, 6) is -0.141. The summed E-state index contributed by atoms with van der Waals surface area (Å²) >= 11 is 0. The number of benzene rings is 2. The largest absolute Gasteiger partial charge is 0.324 e. The number of carbonyl (C=O) groups is 1. The Balaban J connectivity index is 1.49. The Kier molecular flexibility index (Phi) is 7.18. The first kappa shape index (κ1) is 20.5. The van der Waals surface area contributed by atoms with Crippen molar-refractivity contribution in [2.75, 3.05) is 38.0 Å². The van der Waals surface area contributed by atoms with Crippen LogP contribution in [0.5, 0.6) is 0 Å². The summed E-state index contributed by atoms with van der Waals surface area (Å²) in [6.45, 7) is 9.04. The molecule has 28 heavy (non-hydrogen) atoms. The minimum atomic E-state index is -0.199. The van der Waals surface area contributed by atoms with Crippen LogP contribution in [0.3, 0.4) is 0 Å². The van der Waals surface area contributed by atoms with Crippen molar-refractivity contribution in [3.05, 3.63) is 65.0 Å². The fourth-order valence-electron chi connectivity index (χ4n) is 3.74. The summed E-state index contributed by atoms with van der Waals surface area (Å²) < 4.78 is 13.0. The summed E-state index contributed by atoms with van der Waals surface area (Å²) in [7, 11) is 0. The molecule has 1 amide bonds. The van der Waals surface area contributed by atoms with E-state index in [1.54, 1.807) is 0 Å². The van der Waals surface area contributed by atoms with Crippen LogP contribution in [0.1, 0.15) is 30.5 Å². The molecule has 2 aromatic carbocycles. The average Bonchev–Trinajstić information content (AvgIpc) is 2.71. The van der Waals surface area contributed by atoms with E-state index >= 15 is 0 Å². The van der Waals surface area contributed by atoms with Gasteiger partial charge in [0.05, 0.1) is 6.54 Å². The van der Waals surface area contributed by atoms with Crippen LogP contribution in [0.25, 0.3) is 0 Å². The van der Waals surface area contributed by atoms with Gasteiger partial charge in [-0.15, -0.1) is 0 Å². The summed E-state index contributed by atoms with van der Waals surface area (Å²) in [6.07, 6.45) is 1.82. The van der Waals surface area contributed by atoms with Gasteiger partial charge in [0.2, 0.25) is 5.91 Å². The Morgan fingerprint density at radius 2 is 1.50 bits per heavy atom. The van der Waals surface area contributed by atoms with E-state index in [2.05, 4.69) is 47.2 Å². The molecular weight excluding hydrogens is 353 g/mol. The van der Waals surface area contributed by atoms with Crippen LogP contribution in [0.15, 0.2) is 42.5 Å². The zero-order valence-corrected chi connectivity index (χ0v) is 16.9. The second-order valence-corrected chi connectivity index (χ2v) is 7.39. The molecule has 4 nitrogen and oxygen atoms in total. The Hall–Kier alpha value is -2.24. The number of aryl methyl sites for hydroxylation is 2. The van der Waals surface area contributed by atoms with Crippen LogP contribution in [-0.4, -0.2) is 48.4 Å². The number of nitrogens with one attached hydrogen (secondary N) is 1. The van der Waals surface area contributed by atoms with Gasteiger partial charge in [-0.25, -0.2) is 4.39 Å². The summed E-state index contributed by atoms with van der Waals surface area (Å²) in [4.78, 5) is 17.2. The van der Waals surface area contributed by atoms with Gasteiger partial charge < -0.3 is 5.32 Å². The molecule has 3 rings (SSSR count). The molecule has 0 atom stereocenters. The number of hydrogen-bond acceptors (Lipinski definition) is 3. The lowest BCUT2D eigenvalue weighted by Gasteiger charge is -2.34. The molecule has 0 aromatic heterocycles. The Bertz CT molecular complexity index is 761. The first-order valence-corrected chi connectivity index (χ1v) is 10.2. The molecule has 0 radical (unpaired) electrons. The standard InChI is InChI=1S/C23H30FN3O/c1-3-19-6-5-7-20(4-2)23(19)25-22(28)17-27-14-12-26(13-15-27)16-18-8-10-21(24)11-9-18/h5-11H,3-4,12-17H2,1-2H3,(H,25,28). The second kappa shape index (κ2) is 9.80. The predicted molar refractivity (Wildman–Crippen MR) is 112 cm³/mol. The second-order valence-electron chi connectivity index (χ2n) is 7.39. The third-order valence-electron chi connectivity index (χ3n) is 5.41. The van der Waals surface area contributed by atoms with Crippen LogP contribution in [-0.2, 0) is 24.2 Å². The minimum absolute atomic E-state index is 0.0579. The van der Waals surface area contributed by atoms with Crippen molar-refractivity contribution in [2.24, 2.45) is 0 Å². The third kappa shape index (κ3) is 5.40. The Morgan fingerprint density at radius 3 is 2.07 bits per heavy atom. The van der Waals surface area contributed by atoms with Gasteiger partial charge in [0.25, 0.3) is 0 Å². The quantitative estimate of drug-likeness (QED) is 0.792. The molecule has 0 saturated carbocycles. The third-order valence-corrected chi connectivity index (χ3v) is 5.41. The fourth-order valence-corrected chi connectivity index (χ4v) is 3.74. The van der Waals surface area contributed by atoms with Crippen molar-refractivity contribution >= 4 is 11.6 Å². The van der Waals surface area contributed by atoms with Crippen LogP contribution >= 0.6 is 0 Å². The van der Waals surface area contributed by atoms with Gasteiger partial charge in [0.15, 0.2) is 0 Å². The lowest BCUT2D eigenvalue weighted by Crippen LogP contribution is -2.48. The molecule has 0 spiro atoms. The maximum atomic E-state index is 13.0. The van der Waals surface area contributed by atoms with Gasteiger partial charge >= 0.3 is 0 Å². The average molecular weight is 384 g/mol. The van der Waals surface area contributed by atoms with Crippen molar-refractivity contribution in [2.45, 2.75) is 33.2 Å². The van der Waals surface area contributed by atoms with E-state index in [-0.39, 0.29) is 11.7 Å². The van der Waals surface area contributed by atoms with Gasteiger partial charge in [0.1, 0.15) is 5.82 Å². The van der Waals surface area contributed by atoms with E-state index in [0.717, 1.165) is 56.8 Å². The molecule has 1 saturated heterocycles. The van der Waals surface area contributed by atoms with Crippen molar-refractivity contribution in [1.82, 2.24) is 9.80 Å². The van der Waals surface area contributed by atoms with Gasteiger partial charge in [-0.2, -0.15) is 0 Å². The number of amides is 1. The van der Waals surface area contributed by atoms with Crippen molar-refractivity contribution in [3.63, 3.8) is 0 Å². The van der Waals surface area contributed by atoms with E-state index in [9.17, 15) is 9.18 Å². The molecule has 2 aromatic rings. The van der Waals surface area contributed by atoms with E-state index in [1.165, 1.54) is 23.3 Å². The summed E-state index contributed by atoms with van der Waals surface area (Å²) in [6, 6.07) is 12.9. The number of halogens is 1. The molecule has 1 N–H and O–H groups in total. The van der Waals surface area contributed by atoms with Crippen LogP contribution < -0.4 is 5.32 Å². The zero-order valence-electron chi connectivity index (χ0n) is 16.9. The van der Waals surface area contributed by atoms with Crippen LogP contribution in [0.2, 0.25) is 0 Å². The van der Waals surface area contributed by atoms with E-state index in [4.69, 9.17) is 0 Å². The first-order chi connectivity index (χ1) is 13.6. The van der Waals surface area contributed by atoms with E-state index in [0.29, 0.717) is 6.54 Å². The molecule has 0 aliphatic carbocycles. The molecule has 0 unspecified atom stereocenters. The molecule has 1 heterocycles. The highest BCUT2D eigenvalue weighted by atomic mass is 19.1. The van der Waals surface area contributed by atoms with Gasteiger partial charge in [0, 0.05) is 38.4 Å². The lowest BCUT2D eigenvalue weighted by molar-refractivity contribution is -0.117. The number of nitrogens with zero attached hydrogens (tertiary/aromatic N) is 2. The maximum absolute atomic E-state index is 13.0.